The van der Waals surface area contributed by atoms with Crippen molar-refractivity contribution in [2.24, 2.45) is 0 Å². The number of allylic oxidation sites excluding steroid dienone is 2. The summed E-state index contributed by atoms with van der Waals surface area (Å²) < 4.78 is 51.4. The van der Waals surface area contributed by atoms with Crippen LogP contribution in [0.3, 0.4) is 0 Å². The average molecular weight is 411 g/mol. The van der Waals surface area contributed by atoms with Crippen molar-refractivity contribution < 1.29 is 32.2 Å². The highest BCUT2D eigenvalue weighted by molar-refractivity contribution is 6.00. The number of halogens is 3. The second-order valence-corrected chi connectivity index (χ2v) is 7.71. The lowest BCUT2D eigenvalue weighted by Crippen LogP contribution is -2.35. The first-order valence-electron chi connectivity index (χ1n) is 8.94. The molecule has 29 heavy (non-hydrogen) atoms. The maximum atomic E-state index is 13.7. The Labute approximate surface area is 167 Å². The van der Waals surface area contributed by atoms with E-state index in [0.29, 0.717) is 11.4 Å². The van der Waals surface area contributed by atoms with Gasteiger partial charge in [-0.1, -0.05) is 18.2 Å². The molecule has 1 N–H and O–H groups in total. The number of alkyl halides is 3. The number of hydrogen-bond acceptors (Lipinski definition) is 5. The average Bonchev–Trinajstić information content (AvgIpc) is 2.58. The van der Waals surface area contributed by atoms with Crippen molar-refractivity contribution in [3.63, 3.8) is 0 Å². The number of benzene rings is 1. The first-order valence-corrected chi connectivity index (χ1v) is 8.94. The molecule has 2 rings (SSSR count). The fraction of sp³-hybridized carbons (Fsp3) is 0.429. The molecule has 1 heterocycles. The largest absolute Gasteiger partial charge is 0.466 e. The van der Waals surface area contributed by atoms with Crippen molar-refractivity contribution in [3.05, 3.63) is 57.9 Å². The Balaban J connectivity index is 2.79. The van der Waals surface area contributed by atoms with Gasteiger partial charge in [0, 0.05) is 11.4 Å². The number of carbonyl (C=O) groups is 2. The van der Waals surface area contributed by atoms with Gasteiger partial charge in [-0.2, -0.15) is 13.2 Å². The Morgan fingerprint density at radius 2 is 1.48 bits per heavy atom. The molecule has 1 unspecified atom stereocenters. The molecule has 0 aliphatic carbocycles. The van der Waals surface area contributed by atoms with Gasteiger partial charge in [0.25, 0.3) is 0 Å². The Hall–Kier alpha value is -2.77. The van der Waals surface area contributed by atoms with Crippen LogP contribution in [0.15, 0.2) is 46.8 Å². The number of esters is 2. The van der Waals surface area contributed by atoms with Crippen molar-refractivity contribution >= 4 is 11.9 Å². The van der Waals surface area contributed by atoms with E-state index in [1.54, 1.807) is 34.6 Å². The van der Waals surface area contributed by atoms with Gasteiger partial charge in [0.1, 0.15) is 5.60 Å². The molecule has 1 atom stereocenters. The molecule has 158 valence electrons. The number of ether oxygens (including phenoxy) is 2. The van der Waals surface area contributed by atoms with Gasteiger partial charge in [-0.15, -0.1) is 0 Å². The molecular weight excluding hydrogens is 387 g/mol. The van der Waals surface area contributed by atoms with Crippen molar-refractivity contribution in [1.82, 2.24) is 5.32 Å². The zero-order chi connectivity index (χ0) is 22.1. The predicted molar refractivity (Wildman–Crippen MR) is 101 cm³/mol. The minimum absolute atomic E-state index is 0.0670. The number of hydrogen-bond donors (Lipinski definition) is 1. The van der Waals surface area contributed by atoms with E-state index in [9.17, 15) is 22.8 Å². The molecule has 5 nitrogen and oxygen atoms in total. The van der Waals surface area contributed by atoms with E-state index < -0.39 is 35.2 Å². The van der Waals surface area contributed by atoms with Crippen molar-refractivity contribution in [2.75, 3.05) is 7.11 Å². The summed E-state index contributed by atoms with van der Waals surface area (Å²) in [6, 6.07) is 4.86. The highest BCUT2D eigenvalue weighted by Gasteiger charge is 2.43. The monoisotopic (exact) mass is 411 g/mol. The minimum Gasteiger partial charge on any atom is -0.466 e. The molecule has 1 aromatic rings. The molecule has 8 heteroatoms. The van der Waals surface area contributed by atoms with Crippen LogP contribution in [-0.2, 0) is 25.2 Å². The zero-order valence-electron chi connectivity index (χ0n) is 17.2. The topological polar surface area (TPSA) is 64.6 Å². The Morgan fingerprint density at radius 1 is 0.966 bits per heavy atom. The summed E-state index contributed by atoms with van der Waals surface area (Å²) in [6.45, 7) is 8.05. The van der Waals surface area contributed by atoms with Crippen LogP contribution in [0.5, 0.6) is 0 Å². The fourth-order valence-corrected chi connectivity index (χ4v) is 3.30. The van der Waals surface area contributed by atoms with Gasteiger partial charge in [0.05, 0.1) is 29.7 Å². The van der Waals surface area contributed by atoms with E-state index in [-0.39, 0.29) is 16.7 Å². The lowest BCUT2D eigenvalue weighted by atomic mass is 9.78. The van der Waals surface area contributed by atoms with Crippen LogP contribution in [0.25, 0.3) is 0 Å². The summed E-state index contributed by atoms with van der Waals surface area (Å²) in [7, 11) is 1.13. The number of methoxy groups -OCH3 is 1. The maximum absolute atomic E-state index is 13.7. The van der Waals surface area contributed by atoms with E-state index in [0.717, 1.165) is 13.2 Å². The summed E-state index contributed by atoms with van der Waals surface area (Å²) in [5.74, 6) is -2.93. The normalized spacial score (nSPS) is 17.8. The number of rotatable bonds is 3. The van der Waals surface area contributed by atoms with Gasteiger partial charge >= 0.3 is 18.1 Å². The molecule has 0 fully saturated rings. The summed E-state index contributed by atoms with van der Waals surface area (Å²) in [4.78, 5) is 25.5. The summed E-state index contributed by atoms with van der Waals surface area (Å²) in [6.07, 6.45) is -4.68. The SMILES string of the molecule is COC(=O)C1=C(C)NC(C)=C(C(=O)OC(C)(C)C)C1c1ccccc1C(F)(F)F. The van der Waals surface area contributed by atoms with E-state index in [4.69, 9.17) is 9.47 Å². The maximum Gasteiger partial charge on any atom is 0.416 e. The molecule has 0 saturated heterocycles. The molecule has 0 amide bonds. The highest BCUT2D eigenvalue weighted by atomic mass is 19.4. The zero-order valence-corrected chi connectivity index (χ0v) is 17.2. The molecular formula is C21H24F3NO4. The smallest absolute Gasteiger partial charge is 0.416 e. The Morgan fingerprint density at radius 3 is 1.97 bits per heavy atom. The van der Waals surface area contributed by atoms with Gasteiger partial charge < -0.3 is 14.8 Å². The molecule has 1 aromatic carbocycles. The highest BCUT2D eigenvalue weighted by Crippen LogP contribution is 2.44. The van der Waals surface area contributed by atoms with Crippen LogP contribution in [0.4, 0.5) is 13.2 Å². The van der Waals surface area contributed by atoms with E-state index in [1.165, 1.54) is 18.2 Å². The third kappa shape index (κ3) is 4.81. The predicted octanol–water partition coefficient (Wildman–Crippen LogP) is 4.45. The standard InChI is InChI=1S/C21H24F3NO4/c1-11-15(18(26)28-6)17(13-9-7-8-10-14(13)21(22,23)24)16(12(2)25-11)19(27)29-20(3,4)5/h7-10,17,25H,1-6H3. The van der Waals surface area contributed by atoms with Gasteiger partial charge in [-0.3, -0.25) is 0 Å². The Kier molecular flexibility index (Phi) is 6.15. The first kappa shape index (κ1) is 22.5. The number of carbonyl (C=O) groups excluding carboxylic acids is 2. The molecule has 0 radical (unpaired) electrons. The van der Waals surface area contributed by atoms with Crippen LogP contribution in [-0.4, -0.2) is 24.6 Å². The third-order valence-electron chi connectivity index (χ3n) is 4.36. The molecule has 0 spiro atoms. The fourth-order valence-electron chi connectivity index (χ4n) is 3.30. The summed E-state index contributed by atoms with van der Waals surface area (Å²) >= 11 is 0. The molecule has 1 aliphatic rings. The van der Waals surface area contributed by atoms with Gasteiger partial charge in [-0.05, 0) is 46.2 Å². The van der Waals surface area contributed by atoms with Crippen LogP contribution in [0.1, 0.15) is 51.7 Å². The molecule has 0 aromatic heterocycles. The first-order chi connectivity index (χ1) is 13.3. The number of dihydropyridines is 1. The van der Waals surface area contributed by atoms with Crippen molar-refractivity contribution in [2.45, 2.75) is 52.3 Å². The van der Waals surface area contributed by atoms with Crippen LogP contribution < -0.4 is 5.32 Å². The molecule has 1 aliphatic heterocycles. The Bertz CT molecular complexity index is 892. The second kappa shape index (κ2) is 7.93. The van der Waals surface area contributed by atoms with Gasteiger partial charge in [0.15, 0.2) is 0 Å². The minimum atomic E-state index is -4.68. The van der Waals surface area contributed by atoms with Crippen molar-refractivity contribution in [3.8, 4) is 0 Å². The van der Waals surface area contributed by atoms with E-state index >= 15 is 0 Å². The van der Waals surface area contributed by atoms with E-state index in [1.807, 2.05) is 0 Å². The second-order valence-electron chi connectivity index (χ2n) is 7.71. The third-order valence-corrected chi connectivity index (χ3v) is 4.36. The lowest BCUT2D eigenvalue weighted by Gasteiger charge is -2.33. The number of nitrogens with one attached hydrogen (secondary N) is 1. The van der Waals surface area contributed by atoms with Crippen LogP contribution >= 0.6 is 0 Å². The quantitative estimate of drug-likeness (QED) is 0.745. The van der Waals surface area contributed by atoms with Crippen LogP contribution in [0, 0.1) is 0 Å². The van der Waals surface area contributed by atoms with Gasteiger partial charge in [-0.25, -0.2) is 9.59 Å². The van der Waals surface area contributed by atoms with E-state index in [2.05, 4.69) is 5.32 Å². The van der Waals surface area contributed by atoms with Gasteiger partial charge in [0.2, 0.25) is 0 Å². The van der Waals surface area contributed by atoms with Crippen LogP contribution in [0.2, 0.25) is 0 Å². The summed E-state index contributed by atoms with van der Waals surface area (Å²) in [5.41, 5.74) is -1.55. The van der Waals surface area contributed by atoms with Crippen molar-refractivity contribution in [1.29, 1.82) is 0 Å². The molecule has 0 saturated carbocycles. The molecule has 0 bridgehead atoms. The summed E-state index contributed by atoms with van der Waals surface area (Å²) in [5, 5.41) is 2.90. The lowest BCUT2D eigenvalue weighted by molar-refractivity contribution is -0.150.